The van der Waals surface area contributed by atoms with Crippen molar-refractivity contribution >= 4 is 58.1 Å². The number of benzene rings is 3. The van der Waals surface area contributed by atoms with Crippen LogP contribution in [-0.4, -0.2) is 180 Å². The van der Waals surface area contributed by atoms with Crippen LogP contribution in [-0.2, 0) is 51.1 Å². The number of amides is 2. The number of phenols is 2. The molecule has 3 unspecified atom stereocenters. The number of aromatic hydroxyl groups is 2. The highest BCUT2D eigenvalue weighted by molar-refractivity contribution is 8.13. The lowest BCUT2D eigenvalue weighted by atomic mass is 9.69. The number of ketones is 4. The van der Waals surface area contributed by atoms with Gasteiger partial charge in [-0.1, -0.05) is 30.3 Å². The fourth-order valence-corrected chi connectivity index (χ4v) is 15.6. The zero-order valence-corrected chi connectivity index (χ0v) is 51.5. The average molecular weight is 1210 g/mol. The molecule has 0 spiro atoms. The van der Waals surface area contributed by atoms with Gasteiger partial charge in [0, 0.05) is 94.4 Å². The highest BCUT2D eigenvalue weighted by atomic mass is 32.2. The van der Waals surface area contributed by atoms with Crippen LogP contribution in [0, 0.1) is 36.5 Å². The van der Waals surface area contributed by atoms with Crippen LogP contribution in [0.15, 0.2) is 92.4 Å². The number of phenolic OH excluding ortho intramolecular Hbond substituents is 2. The van der Waals surface area contributed by atoms with Gasteiger partial charge >= 0.3 is 0 Å². The van der Waals surface area contributed by atoms with Gasteiger partial charge in [0.2, 0.25) is 23.4 Å². The zero-order chi connectivity index (χ0) is 62.8. The van der Waals surface area contributed by atoms with E-state index in [2.05, 4.69) is 42.3 Å². The molecule has 11 rings (SSSR count). The first-order chi connectivity index (χ1) is 41.6. The van der Waals surface area contributed by atoms with E-state index in [1.165, 1.54) is 47.3 Å². The predicted octanol–water partition coefficient (Wildman–Crippen LogP) is 5.08. The van der Waals surface area contributed by atoms with Gasteiger partial charge in [-0.25, -0.2) is 0 Å². The maximum atomic E-state index is 14.1. The number of nitrogens with one attached hydrogen (secondary N) is 3. The lowest BCUT2D eigenvalue weighted by Crippen LogP contribution is -2.71. The lowest BCUT2D eigenvalue weighted by Gasteiger charge is -2.60. The third kappa shape index (κ3) is 10.2. The maximum Gasteiger partial charge on any atom is 0.244 e. The van der Waals surface area contributed by atoms with Crippen LogP contribution in [0.25, 0.3) is 0 Å². The van der Waals surface area contributed by atoms with Gasteiger partial charge in [-0.2, -0.15) is 10.5 Å². The molecule has 11 atom stereocenters. The van der Waals surface area contributed by atoms with Crippen LogP contribution in [0.5, 0.6) is 23.0 Å². The SMILES string of the molecule is COC1=C(C)C(=O)C2=C(C1=O)[C@H](CNC(=O)C(C)N=CSNc1ccccc1)N1C(C2)[C@H]2c3c(cc(C)c(OC)c3O)C[C@@H]([C@@H]1C#N)N2C.COC1=C(C)C(=O)C2=C(C1=O)[C@H](CNC(C)=O)N1C(C2)[C@H]2c3c(cc(C)c(OC)c3O)C[C@@H]([C@@H]1C#N)N2C. The molecule has 2 amide bonds. The van der Waals surface area contributed by atoms with Gasteiger partial charge in [0.25, 0.3) is 0 Å². The number of piperazine rings is 2. The number of methoxy groups -OCH3 is 4. The minimum Gasteiger partial charge on any atom is -0.504 e. The molecule has 3 aromatic carbocycles. The predicted molar refractivity (Wildman–Crippen MR) is 322 cm³/mol. The lowest BCUT2D eigenvalue weighted by molar-refractivity contribution is -0.125. The number of ether oxygens (including phenoxy) is 4. The van der Waals surface area contributed by atoms with Crippen molar-refractivity contribution in [1.82, 2.24) is 30.2 Å². The van der Waals surface area contributed by atoms with Crippen LogP contribution in [0.4, 0.5) is 5.69 Å². The zero-order valence-electron chi connectivity index (χ0n) is 50.7. The molecule has 87 heavy (non-hydrogen) atoms. The summed E-state index contributed by atoms with van der Waals surface area (Å²) in [5.41, 5.74) is 8.97. The highest BCUT2D eigenvalue weighted by Crippen LogP contribution is 2.56. The average Bonchev–Trinajstić information content (AvgIpc) is 0.763. The summed E-state index contributed by atoms with van der Waals surface area (Å²) in [5, 5.41) is 49.9. The van der Waals surface area contributed by atoms with Gasteiger partial charge in [0.05, 0.1) is 70.3 Å². The fraction of sp³-hybridized carbons (Fsp3) is 0.453. The van der Waals surface area contributed by atoms with E-state index >= 15 is 0 Å². The summed E-state index contributed by atoms with van der Waals surface area (Å²) in [6, 6.07) is 12.6. The van der Waals surface area contributed by atoms with Crippen molar-refractivity contribution in [3.63, 3.8) is 0 Å². The third-order valence-corrected chi connectivity index (χ3v) is 19.4. The number of allylic oxidation sites excluding steroid dienone is 4. The summed E-state index contributed by atoms with van der Waals surface area (Å²) in [6.07, 6.45) is 1.36. The fourth-order valence-electron chi connectivity index (χ4n) is 15.0. The van der Waals surface area contributed by atoms with Crippen molar-refractivity contribution in [3.05, 3.63) is 121 Å². The van der Waals surface area contributed by atoms with Gasteiger partial charge in [0.1, 0.15) is 18.1 Å². The van der Waals surface area contributed by atoms with Crippen molar-refractivity contribution in [2.45, 2.75) is 134 Å². The summed E-state index contributed by atoms with van der Waals surface area (Å²) >= 11 is 1.23. The van der Waals surface area contributed by atoms with E-state index in [0.29, 0.717) is 46.6 Å². The molecule has 456 valence electrons. The molecular weight excluding hydrogens is 1130 g/mol. The van der Waals surface area contributed by atoms with Gasteiger partial charge in [-0.3, -0.25) is 53.4 Å². The number of rotatable bonds is 13. The number of nitrogens with zero attached hydrogens (tertiary/aromatic N) is 7. The molecule has 22 nitrogen and oxygen atoms in total. The molecule has 8 aliphatic rings. The number of Topliss-reactive ketones (excluding diaryl/α,β-unsaturated/α-hetero) is 4. The van der Waals surface area contributed by atoms with Crippen molar-refractivity contribution in [3.8, 4) is 35.1 Å². The monoisotopic (exact) mass is 1200 g/mol. The summed E-state index contributed by atoms with van der Waals surface area (Å²) in [7, 11) is 9.60. The smallest absolute Gasteiger partial charge is 0.244 e. The number of para-hydroxylation sites is 1. The molecule has 6 heterocycles. The molecule has 23 heteroatoms. The van der Waals surface area contributed by atoms with Crippen LogP contribution in [0.1, 0.15) is 86.0 Å². The molecule has 0 aromatic heterocycles. The quantitative estimate of drug-likeness (QED) is 0.0645. The van der Waals surface area contributed by atoms with E-state index in [4.69, 9.17) is 18.9 Å². The van der Waals surface area contributed by atoms with Gasteiger partial charge < -0.3 is 44.5 Å². The summed E-state index contributed by atoms with van der Waals surface area (Å²) in [5.74, 6) is -1.26. The first-order valence-electron chi connectivity index (χ1n) is 28.8. The van der Waals surface area contributed by atoms with Gasteiger partial charge in [0.15, 0.2) is 46.1 Å². The Hall–Kier alpha value is -8.32. The van der Waals surface area contributed by atoms with E-state index in [0.717, 1.165) is 27.9 Å². The summed E-state index contributed by atoms with van der Waals surface area (Å²) in [4.78, 5) is 93.2. The Labute approximate surface area is 509 Å². The van der Waals surface area contributed by atoms with Crippen LogP contribution in [0.3, 0.4) is 0 Å². The van der Waals surface area contributed by atoms with Gasteiger partial charge in [-0.15, -0.1) is 0 Å². The molecule has 2 saturated heterocycles. The number of likely N-dealkylation sites (N-methyl/N-ethyl adjacent to an activating group) is 2. The molecule has 4 bridgehead atoms. The number of fused-ring (bicyclic) bond motifs is 12. The van der Waals surface area contributed by atoms with Crippen LogP contribution in [0.2, 0.25) is 0 Å². The number of carbonyl (C=O) groups is 6. The second-order valence-electron chi connectivity index (χ2n) is 23.3. The van der Waals surface area contributed by atoms with E-state index in [9.17, 15) is 49.5 Å². The van der Waals surface area contributed by atoms with Crippen LogP contribution >= 0.6 is 11.9 Å². The molecule has 5 N–H and O–H groups in total. The highest BCUT2D eigenvalue weighted by Gasteiger charge is 2.60. The molecule has 2 fully saturated rings. The number of hydrogen-bond acceptors (Lipinski definition) is 21. The van der Waals surface area contributed by atoms with Crippen molar-refractivity contribution in [1.29, 1.82) is 10.5 Å². The topological polar surface area (TPSA) is 289 Å². The van der Waals surface area contributed by atoms with Crippen molar-refractivity contribution in [2.24, 2.45) is 4.99 Å². The number of aryl methyl sites for hydroxylation is 2. The van der Waals surface area contributed by atoms with E-state index in [1.54, 1.807) is 26.3 Å². The Morgan fingerprint density at radius 1 is 0.678 bits per heavy atom. The molecule has 0 radical (unpaired) electrons. The Morgan fingerprint density at radius 2 is 1.11 bits per heavy atom. The first kappa shape index (κ1) is 61.8. The Balaban J connectivity index is 0.000000199. The van der Waals surface area contributed by atoms with E-state index in [-0.39, 0.29) is 113 Å². The minimum absolute atomic E-state index is 0.00828. The molecule has 6 aliphatic heterocycles. The molecule has 2 aliphatic carbocycles. The normalized spacial score (nSPS) is 27.1. The Morgan fingerprint density at radius 3 is 1.52 bits per heavy atom. The molecule has 0 saturated carbocycles. The van der Waals surface area contributed by atoms with E-state index in [1.807, 2.05) is 80.2 Å². The minimum atomic E-state index is -0.822. The van der Waals surface area contributed by atoms with E-state index < -0.39 is 59.9 Å². The first-order valence-corrected chi connectivity index (χ1v) is 29.7. The summed E-state index contributed by atoms with van der Waals surface area (Å²) in [6.45, 7) is 9.96. The number of carbonyl (C=O) groups excluding carboxylic acids is 6. The second kappa shape index (κ2) is 24.4. The Bertz CT molecular complexity index is 3680. The Kier molecular flexibility index (Phi) is 17.4. The standard InChI is InChI=1S/C36H40N6O6S.C28H32N4O6/c1-18-12-21-13-24-26(15-37)42-25(30(41(24)4)28(21)32(44)34(18)47-5)14-23-29(33(45)35(48-6)19(2)31(23)43)27(42)16-38-36(46)20(3)39-17-49-40-22-10-8-7-9-11-22;1-12-7-15-8-17-19(10-29)32-18(23(31(17)4)21(15)25(35)27(12)37-5)9-16-22(20(32)11-30-14(3)33)26(36)28(38-6)13(2)24(16)34/h7-12,17,20,24-27,30,40,44H,13-14,16H2,1-6H3,(H,38,46);7,17-20,23,35H,8-9,11H2,1-6H3,(H,30,33)/t20?,24-,25?,26-,27-,30-;17-,18?,19-,20-,23-/m00/s1. The second-order valence-corrected chi connectivity index (χ2v) is 23.9. The largest absolute Gasteiger partial charge is 0.504 e. The van der Waals surface area contributed by atoms with Crippen molar-refractivity contribution in [2.75, 3.05) is 60.3 Å². The molecular formula is C64H72N10O12S. The maximum absolute atomic E-state index is 14.1. The number of aliphatic imine (C=N–C) groups is 1. The summed E-state index contributed by atoms with van der Waals surface area (Å²) < 4.78 is 25.0. The van der Waals surface area contributed by atoms with Crippen LogP contribution < -0.4 is 24.8 Å². The van der Waals surface area contributed by atoms with Crippen molar-refractivity contribution < 1.29 is 57.9 Å². The number of hydrogen-bond donors (Lipinski definition) is 5. The third-order valence-electron chi connectivity index (χ3n) is 18.8. The number of nitriles is 2. The van der Waals surface area contributed by atoms with Gasteiger partial charge in [-0.05, 0) is 121 Å². The molecule has 3 aromatic rings. The number of anilines is 1.